The molecule has 0 spiro atoms. The third kappa shape index (κ3) is 5.15. The van der Waals surface area contributed by atoms with Crippen LogP contribution in [0.25, 0.3) is 0 Å². The van der Waals surface area contributed by atoms with Crippen LogP contribution in [0.3, 0.4) is 0 Å². The van der Waals surface area contributed by atoms with E-state index in [1.807, 2.05) is 0 Å². The molecule has 0 radical (unpaired) electrons. The van der Waals surface area contributed by atoms with Gasteiger partial charge in [0.15, 0.2) is 0 Å². The molecule has 29 heavy (non-hydrogen) atoms. The van der Waals surface area contributed by atoms with Gasteiger partial charge in [-0.15, -0.1) is 0 Å². The fourth-order valence-corrected chi connectivity index (χ4v) is 5.49. The first-order valence-electron chi connectivity index (χ1n) is 11.6. The molecule has 2 atom stereocenters. The first kappa shape index (κ1) is 20.7. The molecule has 3 saturated heterocycles. The number of Topliss-reactive ketones (excluding diaryl/α,β-unsaturated/α-hetero) is 1. The van der Waals surface area contributed by atoms with Crippen LogP contribution in [0, 0.1) is 0 Å². The van der Waals surface area contributed by atoms with E-state index < -0.39 is 0 Å². The predicted octanol–water partition coefficient (Wildman–Crippen LogP) is 3.09. The minimum Gasteiger partial charge on any atom is -0.332 e. The smallest absolute Gasteiger partial charge is 0.225 e. The van der Waals surface area contributed by atoms with Crippen molar-refractivity contribution in [1.82, 2.24) is 19.8 Å². The number of unbranched alkanes of at least 4 members (excludes halogenated alkanes) is 2. The molecule has 0 aromatic carbocycles. The minimum atomic E-state index is 0.319. The molecule has 4 heterocycles. The maximum atomic E-state index is 11.0. The van der Waals surface area contributed by atoms with Crippen LogP contribution in [0.2, 0.25) is 0 Å². The summed E-state index contributed by atoms with van der Waals surface area (Å²) in [5, 5.41) is 0. The highest BCUT2D eigenvalue weighted by atomic mass is 16.1. The molecule has 6 nitrogen and oxygen atoms in total. The van der Waals surface area contributed by atoms with E-state index in [1.165, 1.54) is 63.7 Å². The second-order valence-electron chi connectivity index (χ2n) is 9.46. The number of piperazine rings is 1. The van der Waals surface area contributed by atoms with E-state index in [2.05, 4.69) is 34.1 Å². The molecule has 2 unspecified atom stereocenters. The Morgan fingerprint density at radius 1 is 1.00 bits per heavy atom. The summed E-state index contributed by atoms with van der Waals surface area (Å²) in [4.78, 5) is 28.1. The highest BCUT2D eigenvalue weighted by molar-refractivity contribution is 5.75. The summed E-state index contributed by atoms with van der Waals surface area (Å²) in [6, 6.07) is 1.17. The summed E-state index contributed by atoms with van der Waals surface area (Å²) in [6.45, 7) is 7.47. The molecule has 0 saturated carbocycles. The van der Waals surface area contributed by atoms with Gasteiger partial charge in [0.05, 0.1) is 0 Å². The number of anilines is 1. The zero-order valence-corrected chi connectivity index (χ0v) is 18.2. The summed E-state index contributed by atoms with van der Waals surface area (Å²) in [5.41, 5.74) is 1.32. The topological polar surface area (TPSA) is 52.6 Å². The van der Waals surface area contributed by atoms with E-state index in [-0.39, 0.29) is 0 Å². The van der Waals surface area contributed by atoms with E-state index in [0.29, 0.717) is 23.8 Å². The van der Waals surface area contributed by atoms with Crippen molar-refractivity contribution in [2.24, 2.45) is 0 Å². The summed E-state index contributed by atoms with van der Waals surface area (Å²) < 4.78 is 0. The summed E-state index contributed by atoms with van der Waals surface area (Å²) in [6.07, 6.45) is 13.3. The lowest BCUT2D eigenvalue weighted by Crippen LogP contribution is -2.53. The quantitative estimate of drug-likeness (QED) is 0.626. The van der Waals surface area contributed by atoms with Gasteiger partial charge in [-0.1, -0.05) is 6.42 Å². The molecule has 4 rings (SSSR count). The monoisotopic (exact) mass is 399 g/mol. The number of fused-ring (bicyclic) bond motifs is 2. The van der Waals surface area contributed by atoms with E-state index in [4.69, 9.17) is 9.97 Å². The molecule has 6 heteroatoms. The van der Waals surface area contributed by atoms with E-state index in [0.717, 1.165) is 31.9 Å². The number of ketones is 1. The number of hydrogen-bond donors (Lipinski definition) is 0. The van der Waals surface area contributed by atoms with Crippen molar-refractivity contribution in [2.75, 3.05) is 44.7 Å². The molecule has 0 N–H and O–H groups in total. The van der Waals surface area contributed by atoms with Crippen molar-refractivity contribution in [2.45, 2.75) is 76.3 Å². The van der Waals surface area contributed by atoms with Gasteiger partial charge >= 0.3 is 0 Å². The van der Waals surface area contributed by atoms with Crippen molar-refractivity contribution < 1.29 is 4.79 Å². The molecule has 1 aromatic rings. The summed E-state index contributed by atoms with van der Waals surface area (Å²) >= 11 is 0. The molecular weight excluding hydrogens is 362 g/mol. The molecule has 2 bridgehead atoms. The maximum absolute atomic E-state index is 11.0. The number of carbonyl (C=O) groups is 1. The van der Waals surface area contributed by atoms with Crippen LogP contribution in [-0.2, 0) is 4.79 Å². The Labute approximate surface area is 175 Å². The minimum absolute atomic E-state index is 0.319. The van der Waals surface area contributed by atoms with Gasteiger partial charge in [-0.2, -0.15) is 0 Å². The average Bonchev–Trinajstić information content (AvgIpc) is 2.99. The second kappa shape index (κ2) is 9.52. The Morgan fingerprint density at radius 2 is 1.66 bits per heavy atom. The SMILES string of the molecule is CC(=O)CCCCCN1CCC(c2cnc(N3C4CCC3CN(C)C4)nc2)CC1. The Kier molecular flexibility index (Phi) is 6.81. The van der Waals surface area contributed by atoms with Crippen LogP contribution in [0.15, 0.2) is 12.4 Å². The second-order valence-corrected chi connectivity index (χ2v) is 9.46. The zero-order valence-electron chi connectivity index (χ0n) is 18.2. The Morgan fingerprint density at radius 3 is 2.28 bits per heavy atom. The van der Waals surface area contributed by atoms with E-state index in [9.17, 15) is 4.79 Å². The van der Waals surface area contributed by atoms with Gasteiger partial charge in [-0.3, -0.25) is 0 Å². The predicted molar refractivity (Wildman–Crippen MR) is 116 cm³/mol. The molecule has 3 fully saturated rings. The fraction of sp³-hybridized carbons (Fsp3) is 0.783. The first-order chi connectivity index (χ1) is 14.1. The van der Waals surface area contributed by atoms with Crippen molar-refractivity contribution >= 4 is 11.7 Å². The van der Waals surface area contributed by atoms with Crippen molar-refractivity contribution in [3.05, 3.63) is 18.0 Å². The lowest BCUT2D eigenvalue weighted by Gasteiger charge is -2.39. The highest BCUT2D eigenvalue weighted by Crippen LogP contribution is 2.33. The average molecular weight is 400 g/mol. The van der Waals surface area contributed by atoms with Gasteiger partial charge in [0.2, 0.25) is 5.95 Å². The Bertz CT molecular complexity index is 656. The zero-order chi connectivity index (χ0) is 20.2. The largest absolute Gasteiger partial charge is 0.332 e. The number of hydrogen-bond acceptors (Lipinski definition) is 6. The van der Waals surface area contributed by atoms with Crippen LogP contribution < -0.4 is 4.90 Å². The molecule has 3 aliphatic rings. The Hall–Kier alpha value is -1.53. The molecule has 160 valence electrons. The normalized spacial score (nSPS) is 26.2. The van der Waals surface area contributed by atoms with Crippen LogP contribution in [-0.4, -0.2) is 77.4 Å². The third-order valence-corrected chi connectivity index (χ3v) is 7.12. The number of likely N-dealkylation sites (tertiary alicyclic amines) is 2. The van der Waals surface area contributed by atoms with E-state index >= 15 is 0 Å². The fourth-order valence-electron chi connectivity index (χ4n) is 5.49. The van der Waals surface area contributed by atoms with Gasteiger partial charge in [0.25, 0.3) is 0 Å². The molecule has 3 aliphatic heterocycles. The molecular formula is C23H37N5O. The van der Waals surface area contributed by atoms with Gasteiger partial charge in [0, 0.05) is 44.0 Å². The van der Waals surface area contributed by atoms with E-state index in [1.54, 1.807) is 6.92 Å². The van der Waals surface area contributed by atoms with Crippen molar-refractivity contribution in [3.8, 4) is 0 Å². The summed E-state index contributed by atoms with van der Waals surface area (Å²) in [7, 11) is 2.23. The number of likely N-dealkylation sites (N-methyl/N-ethyl adjacent to an activating group) is 1. The molecule has 1 aromatic heterocycles. The van der Waals surface area contributed by atoms with Crippen LogP contribution in [0.1, 0.15) is 69.8 Å². The van der Waals surface area contributed by atoms with Gasteiger partial charge in [-0.25, -0.2) is 9.97 Å². The first-order valence-corrected chi connectivity index (χ1v) is 11.6. The van der Waals surface area contributed by atoms with Gasteiger partial charge in [0.1, 0.15) is 5.78 Å². The number of piperidine rings is 1. The van der Waals surface area contributed by atoms with Crippen molar-refractivity contribution in [1.29, 1.82) is 0 Å². The third-order valence-electron chi connectivity index (χ3n) is 7.12. The van der Waals surface area contributed by atoms with Crippen LogP contribution >= 0.6 is 0 Å². The number of nitrogens with zero attached hydrogens (tertiary/aromatic N) is 5. The van der Waals surface area contributed by atoms with Crippen LogP contribution in [0.4, 0.5) is 5.95 Å². The maximum Gasteiger partial charge on any atom is 0.225 e. The molecule has 0 amide bonds. The lowest BCUT2D eigenvalue weighted by atomic mass is 9.91. The van der Waals surface area contributed by atoms with Crippen LogP contribution in [0.5, 0.6) is 0 Å². The standard InChI is InChI=1S/C23H37N5O/c1-18(29)6-4-3-5-11-27-12-9-19(10-13-27)20-14-24-23(25-15-20)28-21-7-8-22(28)17-26(2)16-21/h14-15,19,21-22H,3-13,16-17H2,1-2H3. The summed E-state index contributed by atoms with van der Waals surface area (Å²) in [5.74, 6) is 1.86. The Balaban J connectivity index is 1.23. The highest BCUT2D eigenvalue weighted by Gasteiger charge is 2.40. The number of rotatable bonds is 8. The van der Waals surface area contributed by atoms with Gasteiger partial charge in [-0.05, 0) is 83.6 Å². The number of carbonyl (C=O) groups excluding carboxylic acids is 1. The lowest BCUT2D eigenvalue weighted by molar-refractivity contribution is -0.117. The van der Waals surface area contributed by atoms with Gasteiger partial charge < -0.3 is 19.5 Å². The molecule has 0 aliphatic carbocycles. The number of aromatic nitrogens is 2. The van der Waals surface area contributed by atoms with Crippen molar-refractivity contribution in [3.63, 3.8) is 0 Å².